The minimum Gasteiger partial charge on any atom is -0.323 e. The average molecular weight is 437 g/mol. The molecule has 0 bridgehead atoms. The second-order valence-electron chi connectivity index (χ2n) is 7.23. The number of nitro benzene ring substituents is 1. The lowest BCUT2D eigenvalue weighted by molar-refractivity contribution is -0.384. The first-order valence-corrected chi connectivity index (χ1v) is 10.1. The van der Waals surface area contributed by atoms with Crippen molar-refractivity contribution in [3.63, 3.8) is 0 Å². The monoisotopic (exact) mass is 437 g/mol. The molecule has 0 aromatic heterocycles. The lowest BCUT2D eigenvalue weighted by Crippen LogP contribution is -2.12. The number of benzene rings is 4. The Kier molecular flexibility index (Phi) is 6.22. The number of anilines is 2. The molecule has 4 rings (SSSR count). The molecule has 0 unspecified atom stereocenters. The topological polar surface area (TPSA) is 101 Å². The summed E-state index contributed by atoms with van der Waals surface area (Å²) in [4.78, 5) is 35.2. The van der Waals surface area contributed by atoms with Gasteiger partial charge in [-0.1, -0.05) is 48.5 Å². The zero-order valence-electron chi connectivity index (χ0n) is 17.4. The second kappa shape index (κ2) is 9.57. The zero-order valence-corrected chi connectivity index (χ0v) is 17.4. The van der Waals surface area contributed by atoms with E-state index in [0.717, 1.165) is 16.5 Å². The third-order valence-corrected chi connectivity index (χ3v) is 4.96. The van der Waals surface area contributed by atoms with Gasteiger partial charge in [-0.15, -0.1) is 0 Å². The zero-order chi connectivity index (χ0) is 23.2. The first kappa shape index (κ1) is 21.5. The van der Waals surface area contributed by atoms with Crippen LogP contribution in [0.25, 0.3) is 16.8 Å². The van der Waals surface area contributed by atoms with Crippen LogP contribution in [-0.2, 0) is 4.79 Å². The fourth-order valence-electron chi connectivity index (χ4n) is 3.33. The van der Waals surface area contributed by atoms with Crippen LogP contribution >= 0.6 is 0 Å². The van der Waals surface area contributed by atoms with E-state index in [1.807, 2.05) is 42.5 Å². The summed E-state index contributed by atoms with van der Waals surface area (Å²) in [5.41, 5.74) is 2.19. The number of carbonyl (C=O) groups is 2. The Hall–Kier alpha value is -4.78. The SMILES string of the molecule is O=C(/C=C/c1cccc([N+](=O)[O-])c1)Nc1ccc(C(=O)Nc2cccc3ccccc23)cc1. The number of hydrogen-bond donors (Lipinski definition) is 2. The van der Waals surface area contributed by atoms with Crippen molar-refractivity contribution in [1.29, 1.82) is 0 Å². The van der Waals surface area contributed by atoms with Crippen molar-refractivity contribution in [2.75, 3.05) is 10.6 Å². The minimum atomic E-state index is -0.491. The number of amides is 2. The fourth-order valence-corrected chi connectivity index (χ4v) is 3.33. The van der Waals surface area contributed by atoms with Gasteiger partial charge in [-0.3, -0.25) is 19.7 Å². The van der Waals surface area contributed by atoms with Gasteiger partial charge < -0.3 is 10.6 Å². The van der Waals surface area contributed by atoms with Gasteiger partial charge in [0.1, 0.15) is 0 Å². The van der Waals surface area contributed by atoms with Crippen LogP contribution in [0.4, 0.5) is 17.1 Å². The van der Waals surface area contributed by atoms with E-state index in [2.05, 4.69) is 10.6 Å². The Morgan fingerprint density at radius 2 is 1.55 bits per heavy atom. The minimum absolute atomic E-state index is 0.0464. The van der Waals surface area contributed by atoms with Gasteiger partial charge in [0, 0.05) is 40.5 Å². The summed E-state index contributed by atoms with van der Waals surface area (Å²) in [7, 11) is 0. The summed E-state index contributed by atoms with van der Waals surface area (Å²) in [5, 5.41) is 18.5. The lowest BCUT2D eigenvalue weighted by atomic mass is 10.1. The van der Waals surface area contributed by atoms with Crippen molar-refractivity contribution in [3.8, 4) is 0 Å². The van der Waals surface area contributed by atoms with Crippen molar-refractivity contribution in [1.82, 2.24) is 0 Å². The molecule has 0 fully saturated rings. The highest BCUT2D eigenvalue weighted by Crippen LogP contribution is 2.23. The largest absolute Gasteiger partial charge is 0.323 e. The molecule has 0 atom stereocenters. The molecule has 0 spiro atoms. The van der Waals surface area contributed by atoms with Gasteiger partial charge >= 0.3 is 0 Å². The van der Waals surface area contributed by atoms with Crippen molar-refractivity contribution in [2.24, 2.45) is 0 Å². The molecule has 2 amide bonds. The van der Waals surface area contributed by atoms with Crippen LogP contribution in [0.2, 0.25) is 0 Å². The molecule has 4 aromatic carbocycles. The van der Waals surface area contributed by atoms with E-state index in [9.17, 15) is 19.7 Å². The van der Waals surface area contributed by atoms with Crippen LogP contribution < -0.4 is 10.6 Å². The maximum Gasteiger partial charge on any atom is 0.270 e. The standard InChI is InChI=1S/C26H19N3O4/c30-25(16-11-18-5-3-8-22(17-18)29(32)33)27-21-14-12-20(13-15-21)26(31)28-24-10-4-7-19-6-1-2-9-23(19)24/h1-17H,(H,27,30)(H,28,31)/b16-11+. The van der Waals surface area contributed by atoms with Gasteiger partial charge in [0.25, 0.3) is 11.6 Å². The van der Waals surface area contributed by atoms with Gasteiger partial charge in [-0.25, -0.2) is 0 Å². The van der Waals surface area contributed by atoms with E-state index in [4.69, 9.17) is 0 Å². The first-order valence-electron chi connectivity index (χ1n) is 10.1. The number of nitro groups is 1. The average Bonchev–Trinajstić information content (AvgIpc) is 2.83. The predicted molar refractivity (Wildman–Crippen MR) is 129 cm³/mol. The Bertz CT molecular complexity index is 1370. The Morgan fingerprint density at radius 3 is 2.33 bits per heavy atom. The molecule has 0 radical (unpaired) electrons. The number of carbonyl (C=O) groups excluding carboxylic acids is 2. The Balaban J connectivity index is 1.39. The summed E-state index contributed by atoms with van der Waals surface area (Å²) < 4.78 is 0. The molecule has 33 heavy (non-hydrogen) atoms. The molecule has 4 aromatic rings. The van der Waals surface area contributed by atoms with Gasteiger partial charge in [0.05, 0.1) is 4.92 Å². The van der Waals surface area contributed by atoms with Crippen molar-refractivity contribution < 1.29 is 14.5 Å². The molecular formula is C26H19N3O4. The van der Waals surface area contributed by atoms with E-state index in [1.165, 1.54) is 24.3 Å². The summed E-state index contributed by atoms with van der Waals surface area (Å²) in [6, 6.07) is 26.0. The van der Waals surface area contributed by atoms with Gasteiger partial charge in [-0.2, -0.15) is 0 Å². The van der Waals surface area contributed by atoms with Crippen molar-refractivity contribution in [2.45, 2.75) is 0 Å². The maximum absolute atomic E-state index is 12.7. The maximum atomic E-state index is 12.7. The van der Waals surface area contributed by atoms with Crippen LogP contribution in [-0.4, -0.2) is 16.7 Å². The number of rotatable bonds is 6. The molecule has 7 nitrogen and oxygen atoms in total. The smallest absolute Gasteiger partial charge is 0.270 e. The molecule has 0 aliphatic heterocycles. The van der Waals surface area contributed by atoms with E-state index < -0.39 is 10.8 Å². The second-order valence-corrected chi connectivity index (χ2v) is 7.23. The van der Waals surface area contributed by atoms with E-state index in [0.29, 0.717) is 16.8 Å². The molecule has 0 aliphatic rings. The third-order valence-electron chi connectivity index (χ3n) is 4.96. The van der Waals surface area contributed by atoms with Crippen molar-refractivity contribution in [3.05, 3.63) is 118 Å². The third kappa shape index (κ3) is 5.29. The van der Waals surface area contributed by atoms with Gasteiger partial charge in [-0.05, 0) is 47.4 Å². The van der Waals surface area contributed by atoms with E-state index >= 15 is 0 Å². The Morgan fingerprint density at radius 1 is 0.818 bits per heavy atom. The number of fused-ring (bicyclic) bond motifs is 1. The molecule has 0 saturated heterocycles. The number of non-ortho nitro benzene ring substituents is 1. The number of nitrogens with one attached hydrogen (secondary N) is 2. The number of hydrogen-bond acceptors (Lipinski definition) is 4. The normalized spacial score (nSPS) is 10.8. The van der Waals surface area contributed by atoms with Gasteiger partial charge in [0.15, 0.2) is 0 Å². The summed E-state index contributed by atoms with van der Waals surface area (Å²) >= 11 is 0. The highest BCUT2D eigenvalue weighted by Gasteiger charge is 2.09. The van der Waals surface area contributed by atoms with Crippen molar-refractivity contribution >= 4 is 45.7 Å². The lowest BCUT2D eigenvalue weighted by Gasteiger charge is -2.09. The molecule has 0 saturated carbocycles. The Labute approximate surface area is 189 Å². The van der Waals surface area contributed by atoms with Crippen LogP contribution in [0.15, 0.2) is 97.1 Å². The van der Waals surface area contributed by atoms with Crippen LogP contribution in [0.1, 0.15) is 15.9 Å². The van der Waals surface area contributed by atoms with Crippen LogP contribution in [0.3, 0.4) is 0 Å². The highest BCUT2D eigenvalue weighted by atomic mass is 16.6. The molecule has 7 heteroatoms. The molecule has 2 N–H and O–H groups in total. The fraction of sp³-hybridized carbons (Fsp3) is 0. The molecule has 0 aliphatic carbocycles. The summed E-state index contributed by atoms with van der Waals surface area (Å²) in [6.07, 6.45) is 2.79. The van der Waals surface area contributed by atoms with Crippen LogP contribution in [0, 0.1) is 10.1 Å². The quantitative estimate of drug-likeness (QED) is 0.231. The molecule has 0 heterocycles. The van der Waals surface area contributed by atoms with Gasteiger partial charge in [0.2, 0.25) is 5.91 Å². The van der Waals surface area contributed by atoms with E-state index in [1.54, 1.807) is 36.4 Å². The highest BCUT2D eigenvalue weighted by molar-refractivity contribution is 6.09. The van der Waals surface area contributed by atoms with Crippen LogP contribution in [0.5, 0.6) is 0 Å². The van der Waals surface area contributed by atoms with E-state index in [-0.39, 0.29) is 11.6 Å². The molecule has 162 valence electrons. The summed E-state index contributed by atoms with van der Waals surface area (Å²) in [5.74, 6) is -0.649. The first-order chi connectivity index (χ1) is 16.0. The summed E-state index contributed by atoms with van der Waals surface area (Å²) in [6.45, 7) is 0. The predicted octanol–water partition coefficient (Wildman–Crippen LogP) is 5.65. The number of nitrogens with zero attached hydrogens (tertiary/aromatic N) is 1. The molecular weight excluding hydrogens is 418 g/mol.